The second-order valence-corrected chi connectivity index (χ2v) is 7.20. The topological polar surface area (TPSA) is 55.1 Å². The van der Waals surface area contributed by atoms with E-state index in [9.17, 15) is 4.79 Å². The number of nitrogens with two attached hydrogens (primary N) is 1. The van der Waals surface area contributed by atoms with Crippen molar-refractivity contribution in [3.63, 3.8) is 0 Å². The predicted octanol–water partition coefficient (Wildman–Crippen LogP) is 3.78. The molecule has 0 saturated heterocycles. The second-order valence-electron chi connectivity index (χ2n) is 5.95. The minimum atomic E-state index is -0.250. The predicted molar refractivity (Wildman–Crippen MR) is 89.8 cm³/mol. The third-order valence-electron chi connectivity index (χ3n) is 3.51. The van der Waals surface area contributed by atoms with E-state index in [0.717, 1.165) is 17.7 Å². The van der Waals surface area contributed by atoms with E-state index in [1.807, 2.05) is 25.1 Å². The van der Waals surface area contributed by atoms with Crippen LogP contribution in [0.3, 0.4) is 0 Å². The molecular formula is C17H22N2OS. The zero-order valence-electron chi connectivity index (χ0n) is 12.8. The van der Waals surface area contributed by atoms with Gasteiger partial charge in [-0.25, -0.2) is 0 Å². The van der Waals surface area contributed by atoms with Gasteiger partial charge in [-0.05, 0) is 45.2 Å². The van der Waals surface area contributed by atoms with Crippen LogP contribution >= 0.6 is 11.3 Å². The van der Waals surface area contributed by atoms with Crippen LogP contribution in [0.25, 0.3) is 0 Å². The van der Waals surface area contributed by atoms with Gasteiger partial charge in [0, 0.05) is 16.1 Å². The molecule has 0 aliphatic carbocycles. The van der Waals surface area contributed by atoms with Crippen molar-refractivity contribution in [2.24, 2.45) is 0 Å². The van der Waals surface area contributed by atoms with Crippen molar-refractivity contribution in [2.75, 3.05) is 5.73 Å². The van der Waals surface area contributed by atoms with E-state index in [4.69, 9.17) is 5.73 Å². The van der Waals surface area contributed by atoms with Crippen molar-refractivity contribution in [3.05, 3.63) is 51.7 Å². The van der Waals surface area contributed by atoms with Gasteiger partial charge in [0.05, 0.1) is 4.88 Å². The fourth-order valence-corrected chi connectivity index (χ4v) is 2.98. The van der Waals surface area contributed by atoms with Crippen molar-refractivity contribution < 1.29 is 4.79 Å². The Kier molecular flexibility index (Phi) is 4.68. The van der Waals surface area contributed by atoms with Crippen LogP contribution in [-0.2, 0) is 6.42 Å². The third kappa shape index (κ3) is 4.33. The van der Waals surface area contributed by atoms with Crippen LogP contribution in [0.2, 0.25) is 0 Å². The first-order chi connectivity index (χ1) is 9.87. The second kappa shape index (κ2) is 6.31. The summed E-state index contributed by atoms with van der Waals surface area (Å²) in [4.78, 5) is 13.9. The molecule has 1 amide bonds. The highest BCUT2D eigenvalue weighted by molar-refractivity contribution is 7.14. The van der Waals surface area contributed by atoms with Crippen molar-refractivity contribution in [1.82, 2.24) is 5.32 Å². The molecule has 0 fully saturated rings. The summed E-state index contributed by atoms with van der Waals surface area (Å²) in [6.07, 6.45) is 1.84. The number of carbonyl (C=O) groups is 1. The van der Waals surface area contributed by atoms with Gasteiger partial charge in [-0.3, -0.25) is 4.79 Å². The molecule has 3 N–H and O–H groups in total. The summed E-state index contributed by atoms with van der Waals surface area (Å²) in [5.41, 5.74) is 7.53. The van der Waals surface area contributed by atoms with Crippen molar-refractivity contribution in [3.8, 4) is 0 Å². The summed E-state index contributed by atoms with van der Waals surface area (Å²) in [7, 11) is 0. The van der Waals surface area contributed by atoms with Crippen LogP contribution in [0.5, 0.6) is 0 Å². The number of nitrogens with one attached hydrogen (secondary N) is 1. The zero-order valence-corrected chi connectivity index (χ0v) is 13.6. The Bertz CT molecular complexity index is 597. The van der Waals surface area contributed by atoms with Gasteiger partial charge in [0.25, 0.3) is 5.91 Å². The Morgan fingerprint density at radius 3 is 2.52 bits per heavy atom. The van der Waals surface area contributed by atoms with Crippen LogP contribution in [-0.4, -0.2) is 11.4 Å². The van der Waals surface area contributed by atoms with Gasteiger partial charge < -0.3 is 11.1 Å². The highest BCUT2D eigenvalue weighted by atomic mass is 32.1. The summed E-state index contributed by atoms with van der Waals surface area (Å²) < 4.78 is 0. The smallest absolute Gasteiger partial charge is 0.261 e. The van der Waals surface area contributed by atoms with E-state index < -0.39 is 0 Å². The molecule has 0 atom stereocenters. The highest BCUT2D eigenvalue weighted by Crippen LogP contribution is 2.24. The summed E-state index contributed by atoms with van der Waals surface area (Å²) in [6, 6.07) is 12.1. The minimum absolute atomic E-state index is 0.0436. The molecule has 0 aliphatic rings. The number of hydrogen-bond acceptors (Lipinski definition) is 3. The Morgan fingerprint density at radius 1 is 1.29 bits per heavy atom. The summed E-state index contributed by atoms with van der Waals surface area (Å²) >= 11 is 1.44. The molecule has 0 spiro atoms. The quantitative estimate of drug-likeness (QED) is 0.883. The molecule has 1 aromatic carbocycles. The fraction of sp³-hybridized carbons (Fsp3) is 0.353. The molecule has 4 heteroatoms. The van der Waals surface area contributed by atoms with Crippen LogP contribution < -0.4 is 11.1 Å². The summed E-state index contributed by atoms with van der Waals surface area (Å²) in [5, 5.41) is 3.10. The number of anilines is 1. The Hall–Kier alpha value is -1.81. The first kappa shape index (κ1) is 15.6. The highest BCUT2D eigenvalue weighted by Gasteiger charge is 2.22. The lowest BCUT2D eigenvalue weighted by atomic mass is 9.95. The number of carbonyl (C=O) groups excluding carboxylic acids is 1. The molecule has 1 aromatic heterocycles. The van der Waals surface area contributed by atoms with E-state index in [1.165, 1.54) is 16.9 Å². The third-order valence-corrected chi connectivity index (χ3v) is 4.58. The van der Waals surface area contributed by atoms with Crippen LogP contribution in [0.15, 0.2) is 36.4 Å². The number of rotatable bonds is 5. The van der Waals surface area contributed by atoms with Gasteiger partial charge in [-0.1, -0.05) is 30.3 Å². The Morgan fingerprint density at radius 2 is 1.95 bits per heavy atom. The molecule has 112 valence electrons. The molecule has 0 aliphatic heterocycles. The maximum atomic E-state index is 12.3. The average molecular weight is 302 g/mol. The van der Waals surface area contributed by atoms with Gasteiger partial charge in [0.1, 0.15) is 0 Å². The van der Waals surface area contributed by atoms with E-state index in [0.29, 0.717) is 10.6 Å². The van der Waals surface area contributed by atoms with Crippen molar-refractivity contribution in [1.29, 1.82) is 0 Å². The first-order valence-electron chi connectivity index (χ1n) is 7.10. The van der Waals surface area contributed by atoms with E-state index >= 15 is 0 Å². The number of aryl methyl sites for hydroxylation is 2. The average Bonchev–Trinajstić information content (AvgIpc) is 2.78. The normalized spacial score (nSPS) is 11.4. The van der Waals surface area contributed by atoms with E-state index in [1.54, 1.807) is 6.07 Å². The molecule has 0 saturated carbocycles. The van der Waals surface area contributed by atoms with Crippen LogP contribution in [0.4, 0.5) is 5.69 Å². The standard InChI is InChI=1S/C17H22N2OS/c1-12-14(18)11-15(21-12)16(20)19-17(2,3)10-9-13-7-5-4-6-8-13/h4-8,11H,9-10,18H2,1-3H3,(H,19,20). The maximum Gasteiger partial charge on any atom is 0.261 e. The first-order valence-corrected chi connectivity index (χ1v) is 7.91. The molecule has 21 heavy (non-hydrogen) atoms. The maximum absolute atomic E-state index is 12.3. The van der Waals surface area contributed by atoms with E-state index in [2.05, 4.69) is 31.3 Å². The number of nitrogen functional groups attached to an aromatic ring is 1. The molecule has 2 rings (SSSR count). The number of amides is 1. The lowest BCUT2D eigenvalue weighted by Crippen LogP contribution is -2.43. The van der Waals surface area contributed by atoms with Gasteiger partial charge in [0.15, 0.2) is 0 Å². The van der Waals surface area contributed by atoms with Crippen molar-refractivity contribution >= 4 is 22.9 Å². The summed E-state index contributed by atoms with van der Waals surface area (Å²) in [5.74, 6) is -0.0436. The molecule has 0 unspecified atom stereocenters. The lowest BCUT2D eigenvalue weighted by molar-refractivity contribution is 0.0913. The van der Waals surface area contributed by atoms with Crippen LogP contribution in [0.1, 0.15) is 40.4 Å². The van der Waals surface area contributed by atoms with Gasteiger partial charge in [-0.15, -0.1) is 11.3 Å². The molecular weight excluding hydrogens is 280 g/mol. The SMILES string of the molecule is Cc1sc(C(=O)NC(C)(C)CCc2ccccc2)cc1N. The van der Waals surface area contributed by atoms with Crippen LogP contribution in [0, 0.1) is 6.92 Å². The fourth-order valence-electron chi connectivity index (χ4n) is 2.14. The number of thiophene rings is 1. The lowest BCUT2D eigenvalue weighted by Gasteiger charge is -2.26. The Balaban J connectivity index is 1.95. The zero-order chi connectivity index (χ0) is 15.5. The molecule has 2 aromatic rings. The number of benzene rings is 1. The van der Waals surface area contributed by atoms with Crippen molar-refractivity contribution in [2.45, 2.75) is 39.2 Å². The monoisotopic (exact) mass is 302 g/mol. The van der Waals surface area contributed by atoms with E-state index in [-0.39, 0.29) is 11.4 Å². The Labute approximate surface area is 130 Å². The molecule has 1 heterocycles. The van der Waals surface area contributed by atoms with Gasteiger partial charge >= 0.3 is 0 Å². The molecule has 0 radical (unpaired) electrons. The minimum Gasteiger partial charge on any atom is -0.398 e. The largest absolute Gasteiger partial charge is 0.398 e. The van der Waals surface area contributed by atoms with Gasteiger partial charge in [0.2, 0.25) is 0 Å². The molecule has 3 nitrogen and oxygen atoms in total. The summed E-state index contributed by atoms with van der Waals surface area (Å²) in [6.45, 7) is 6.03. The number of hydrogen-bond donors (Lipinski definition) is 2. The molecule has 0 bridgehead atoms. The van der Waals surface area contributed by atoms with Gasteiger partial charge in [-0.2, -0.15) is 0 Å².